The monoisotopic (exact) mass is 366 g/mol. The van der Waals surface area contributed by atoms with Crippen LogP contribution in [0, 0.1) is 0 Å². The van der Waals surface area contributed by atoms with Crippen LogP contribution < -0.4 is 5.32 Å². The average molecular weight is 367 g/mol. The van der Waals surface area contributed by atoms with Crippen molar-refractivity contribution in [1.82, 2.24) is 10.3 Å². The molecule has 1 atom stereocenters. The number of carbonyl (C=O) groups excluding carboxylic acids is 1. The highest BCUT2D eigenvalue weighted by Crippen LogP contribution is 2.31. The highest BCUT2D eigenvalue weighted by Gasteiger charge is 2.19. The second kappa shape index (κ2) is 8.50. The number of carbonyl (C=O) groups is 1. The van der Waals surface area contributed by atoms with Gasteiger partial charge in [-0.3, -0.25) is 9.78 Å². The minimum atomic E-state index is -0.204. The summed E-state index contributed by atoms with van der Waals surface area (Å²) in [6.07, 6.45) is 1.94. The predicted octanol–water partition coefficient (Wildman–Crippen LogP) is 4.28. The van der Waals surface area contributed by atoms with Crippen molar-refractivity contribution in [3.05, 3.63) is 94.8 Å². The van der Waals surface area contributed by atoms with Crippen molar-refractivity contribution >= 4 is 17.5 Å². The Hall–Kier alpha value is -2.85. The molecule has 0 aliphatic heterocycles. The minimum absolute atomic E-state index is 0.0935. The van der Waals surface area contributed by atoms with Gasteiger partial charge in [0.15, 0.2) is 0 Å². The number of aromatic hydroxyl groups is 1. The first kappa shape index (κ1) is 18.0. The molecule has 2 aromatic carbocycles. The third kappa shape index (κ3) is 4.83. The molecule has 0 saturated carbocycles. The molecule has 0 unspecified atom stereocenters. The highest BCUT2D eigenvalue weighted by atomic mass is 35.5. The molecule has 0 aliphatic carbocycles. The van der Waals surface area contributed by atoms with Gasteiger partial charge in [-0.25, -0.2) is 0 Å². The summed E-state index contributed by atoms with van der Waals surface area (Å²) >= 11 is 6.13. The van der Waals surface area contributed by atoms with Crippen molar-refractivity contribution in [3.8, 4) is 5.75 Å². The largest absolute Gasteiger partial charge is 0.508 e. The van der Waals surface area contributed by atoms with Crippen LogP contribution in [0.5, 0.6) is 5.75 Å². The summed E-state index contributed by atoms with van der Waals surface area (Å²) in [5, 5.41) is 13.3. The Morgan fingerprint density at radius 3 is 2.50 bits per heavy atom. The third-order valence-electron chi connectivity index (χ3n) is 4.11. The first-order valence-electron chi connectivity index (χ1n) is 8.33. The van der Waals surface area contributed by atoms with Crippen LogP contribution >= 0.6 is 11.6 Å². The van der Waals surface area contributed by atoms with Crippen molar-refractivity contribution in [3.63, 3.8) is 0 Å². The number of rotatable bonds is 6. The Balaban J connectivity index is 1.78. The lowest BCUT2D eigenvalue weighted by atomic mass is 9.88. The van der Waals surface area contributed by atoms with Crippen molar-refractivity contribution in [2.75, 3.05) is 0 Å². The summed E-state index contributed by atoms with van der Waals surface area (Å²) in [4.78, 5) is 16.7. The Morgan fingerprint density at radius 2 is 1.81 bits per heavy atom. The fourth-order valence-electron chi connectivity index (χ4n) is 2.84. The fourth-order valence-corrected chi connectivity index (χ4v) is 3.04. The van der Waals surface area contributed by atoms with Crippen LogP contribution in [0.1, 0.15) is 29.2 Å². The molecule has 5 heteroatoms. The number of aromatic nitrogens is 1. The lowest BCUT2D eigenvalue weighted by Crippen LogP contribution is -2.25. The first-order chi connectivity index (χ1) is 12.6. The molecule has 3 rings (SSSR count). The van der Waals surface area contributed by atoms with Gasteiger partial charge in [0, 0.05) is 23.6 Å². The number of hydrogen-bond acceptors (Lipinski definition) is 3. The highest BCUT2D eigenvalue weighted by molar-refractivity contribution is 6.30. The van der Waals surface area contributed by atoms with E-state index in [-0.39, 0.29) is 24.0 Å². The summed E-state index contributed by atoms with van der Waals surface area (Å²) in [5.41, 5.74) is 2.59. The third-order valence-corrected chi connectivity index (χ3v) is 4.34. The van der Waals surface area contributed by atoms with Crippen LogP contribution in [0.3, 0.4) is 0 Å². The summed E-state index contributed by atoms with van der Waals surface area (Å²) in [6.45, 7) is 0.377. The topological polar surface area (TPSA) is 62.2 Å². The van der Waals surface area contributed by atoms with Crippen LogP contribution in [-0.2, 0) is 11.3 Å². The maximum Gasteiger partial charge on any atom is 0.221 e. The van der Waals surface area contributed by atoms with Crippen LogP contribution in [0.15, 0.2) is 72.9 Å². The molecular formula is C21H19ClN2O2. The van der Waals surface area contributed by atoms with Gasteiger partial charge >= 0.3 is 0 Å². The maximum atomic E-state index is 12.5. The number of benzene rings is 2. The Labute approximate surface area is 157 Å². The number of phenols is 1. The lowest BCUT2D eigenvalue weighted by molar-refractivity contribution is -0.121. The molecule has 0 spiro atoms. The Kier molecular flexibility index (Phi) is 5.87. The zero-order valence-corrected chi connectivity index (χ0v) is 14.9. The fraction of sp³-hybridized carbons (Fsp3) is 0.143. The van der Waals surface area contributed by atoms with Crippen molar-refractivity contribution in [1.29, 1.82) is 0 Å². The van der Waals surface area contributed by atoms with Gasteiger partial charge in [-0.05, 0) is 47.5 Å². The van der Waals surface area contributed by atoms with E-state index in [4.69, 9.17) is 11.6 Å². The molecule has 4 nitrogen and oxygen atoms in total. The Morgan fingerprint density at radius 1 is 1.04 bits per heavy atom. The molecule has 3 aromatic rings. The molecule has 132 valence electrons. The molecule has 0 aliphatic rings. The number of nitrogens with zero attached hydrogens (tertiary/aromatic N) is 1. The molecule has 0 fully saturated rings. The second-order valence-electron chi connectivity index (χ2n) is 6.00. The van der Waals surface area contributed by atoms with Crippen molar-refractivity contribution in [2.45, 2.75) is 18.9 Å². The number of halogens is 1. The molecule has 1 aromatic heterocycles. The lowest BCUT2D eigenvalue weighted by Gasteiger charge is -2.18. The van der Waals surface area contributed by atoms with Gasteiger partial charge in [0.05, 0.1) is 12.2 Å². The zero-order chi connectivity index (χ0) is 18.4. The van der Waals surface area contributed by atoms with Gasteiger partial charge in [0.2, 0.25) is 5.91 Å². The maximum absolute atomic E-state index is 12.5. The number of phenolic OH excluding ortho intramolecular Hbond substituents is 1. The average Bonchev–Trinajstić information content (AvgIpc) is 2.65. The minimum Gasteiger partial charge on any atom is -0.508 e. The SMILES string of the molecule is O=C(C[C@H](c1cccc(O)c1)c1cccc(Cl)c1)NCc1ccccn1. The molecule has 1 amide bonds. The predicted molar refractivity (Wildman–Crippen MR) is 102 cm³/mol. The zero-order valence-electron chi connectivity index (χ0n) is 14.1. The molecule has 26 heavy (non-hydrogen) atoms. The van der Waals surface area contributed by atoms with Crippen LogP contribution in [0.2, 0.25) is 5.02 Å². The van der Waals surface area contributed by atoms with E-state index < -0.39 is 0 Å². The quantitative estimate of drug-likeness (QED) is 0.684. The molecule has 0 radical (unpaired) electrons. The summed E-state index contributed by atoms with van der Waals surface area (Å²) in [7, 11) is 0. The second-order valence-corrected chi connectivity index (χ2v) is 6.44. The van der Waals surface area contributed by atoms with E-state index in [1.165, 1.54) is 0 Å². The number of nitrogens with one attached hydrogen (secondary N) is 1. The molecule has 0 bridgehead atoms. The van der Waals surface area contributed by atoms with Crippen molar-refractivity contribution < 1.29 is 9.90 Å². The van der Waals surface area contributed by atoms with Crippen LogP contribution in [0.25, 0.3) is 0 Å². The van der Waals surface area contributed by atoms with E-state index in [9.17, 15) is 9.90 Å². The first-order valence-corrected chi connectivity index (χ1v) is 8.70. The van der Waals surface area contributed by atoms with Gasteiger partial charge in [0.1, 0.15) is 5.75 Å². The smallest absolute Gasteiger partial charge is 0.221 e. The van der Waals surface area contributed by atoms with Crippen molar-refractivity contribution in [2.24, 2.45) is 0 Å². The molecule has 0 saturated heterocycles. The van der Waals surface area contributed by atoms with Gasteiger partial charge in [-0.1, -0.05) is 41.9 Å². The van der Waals surface area contributed by atoms with Crippen LogP contribution in [-0.4, -0.2) is 16.0 Å². The molecule has 1 heterocycles. The van der Waals surface area contributed by atoms with Gasteiger partial charge in [-0.2, -0.15) is 0 Å². The van der Waals surface area contributed by atoms with E-state index >= 15 is 0 Å². The normalized spacial score (nSPS) is 11.7. The van der Waals surface area contributed by atoms with E-state index in [2.05, 4.69) is 10.3 Å². The van der Waals surface area contributed by atoms with E-state index in [0.29, 0.717) is 11.6 Å². The van der Waals surface area contributed by atoms with Gasteiger partial charge in [-0.15, -0.1) is 0 Å². The van der Waals surface area contributed by atoms with E-state index in [1.807, 2.05) is 42.5 Å². The molecule has 2 N–H and O–H groups in total. The Bertz CT molecular complexity index is 838. The number of pyridine rings is 1. The summed E-state index contributed by atoms with van der Waals surface area (Å²) in [6, 6.07) is 20.0. The van der Waals surface area contributed by atoms with Gasteiger partial charge in [0.25, 0.3) is 0 Å². The standard InChI is InChI=1S/C21H19ClN2O2/c22-17-7-3-5-15(11-17)20(16-6-4-9-19(25)12-16)13-21(26)24-14-18-8-1-2-10-23-18/h1-12,20,25H,13-14H2,(H,24,26)/t20-/m0/s1. The summed E-state index contributed by atoms with van der Waals surface area (Å²) < 4.78 is 0. The van der Waals surface area contributed by atoms with Crippen LogP contribution in [0.4, 0.5) is 0 Å². The number of hydrogen-bond donors (Lipinski definition) is 2. The number of amides is 1. The van der Waals surface area contributed by atoms with E-state index in [1.54, 1.807) is 30.5 Å². The van der Waals surface area contributed by atoms with E-state index in [0.717, 1.165) is 16.8 Å². The van der Waals surface area contributed by atoms with Gasteiger partial charge < -0.3 is 10.4 Å². The summed E-state index contributed by atoms with van der Waals surface area (Å²) in [5.74, 6) is -0.128. The molecular weight excluding hydrogens is 348 g/mol.